The molecule has 1 N–H and O–H groups in total. The molecule has 0 amide bonds. The molecule has 0 bridgehead atoms. The first-order valence-corrected chi connectivity index (χ1v) is 6.20. The molecule has 86 valence electrons. The molecule has 1 saturated heterocycles. The summed E-state index contributed by atoms with van der Waals surface area (Å²) < 4.78 is 5.64. The van der Waals surface area contributed by atoms with E-state index in [0.29, 0.717) is 5.92 Å². The summed E-state index contributed by atoms with van der Waals surface area (Å²) in [5.41, 5.74) is 2.91. The molecule has 1 atom stereocenters. The molecule has 16 heavy (non-hydrogen) atoms. The predicted octanol–water partition coefficient (Wildman–Crippen LogP) is 2.40. The lowest BCUT2D eigenvalue weighted by Gasteiger charge is -2.16. The average molecular weight is 217 g/mol. The number of benzene rings is 1. The largest absolute Gasteiger partial charge is 0.374 e. The Balaban J connectivity index is 1.87. The Kier molecular flexibility index (Phi) is 2.49. The van der Waals surface area contributed by atoms with Gasteiger partial charge < -0.3 is 10.1 Å². The summed E-state index contributed by atoms with van der Waals surface area (Å²) in [6, 6.07) is 9.01. The van der Waals surface area contributed by atoms with Crippen LogP contribution >= 0.6 is 0 Å². The maximum atomic E-state index is 5.64. The van der Waals surface area contributed by atoms with E-state index in [2.05, 4.69) is 29.6 Å². The van der Waals surface area contributed by atoms with E-state index in [-0.39, 0.29) is 5.60 Å². The average Bonchev–Trinajstić information content (AvgIpc) is 2.95. The summed E-state index contributed by atoms with van der Waals surface area (Å²) in [5, 5.41) is 3.43. The van der Waals surface area contributed by atoms with E-state index in [9.17, 15) is 0 Å². The number of hydrogen-bond acceptors (Lipinski definition) is 2. The van der Waals surface area contributed by atoms with Crippen molar-refractivity contribution < 1.29 is 4.74 Å². The molecule has 0 radical (unpaired) electrons. The van der Waals surface area contributed by atoms with Gasteiger partial charge in [0.2, 0.25) is 0 Å². The normalized spacial score (nSPS) is 26.9. The van der Waals surface area contributed by atoms with Crippen LogP contribution < -0.4 is 5.32 Å². The van der Waals surface area contributed by atoms with Crippen LogP contribution in [0.5, 0.6) is 0 Å². The highest BCUT2D eigenvalue weighted by Gasteiger charge is 2.44. The molecule has 1 aromatic rings. The highest BCUT2D eigenvalue weighted by molar-refractivity contribution is 5.34. The van der Waals surface area contributed by atoms with Crippen LogP contribution in [-0.2, 0) is 10.3 Å². The first-order chi connectivity index (χ1) is 7.84. The van der Waals surface area contributed by atoms with Crippen molar-refractivity contribution in [3.05, 3.63) is 35.4 Å². The Morgan fingerprint density at radius 1 is 1.38 bits per heavy atom. The summed E-state index contributed by atoms with van der Waals surface area (Å²) in [5.74, 6) is 0.701. The molecular formula is C14H19NO. The monoisotopic (exact) mass is 217 g/mol. The third-order valence-electron chi connectivity index (χ3n) is 4.04. The van der Waals surface area contributed by atoms with E-state index in [1.807, 2.05) is 7.11 Å². The maximum absolute atomic E-state index is 5.64. The molecule has 1 aromatic carbocycles. The minimum Gasteiger partial charge on any atom is -0.374 e. The molecular weight excluding hydrogens is 198 g/mol. The molecule has 3 rings (SSSR count). The van der Waals surface area contributed by atoms with Crippen molar-refractivity contribution in [1.29, 1.82) is 0 Å². The number of ether oxygens (including phenoxy) is 1. The van der Waals surface area contributed by atoms with Crippen molar-refractivity contribution >= 4 is 0 Å². The molecule has 0 aromatic heterocycles. The second kappa shape index (κ2) is 3.86. The predicted molar refractivity (Wildman–Crippen MR) is 64.6 cm³/mol. The number of methoxy groups -OCH3 is 1. The van der Waals surface area contributed by atoms with Gasteiger partial charge in [-0.05, 0) is 42.9 Å². The SMILES string of the molecule is COC1(c2cccc(C3CCNC3)c2)CC1. The maximum Gasteiger partial charge on any atom is 0.0930 e. The molecule has 1 unspecified atom stereocenters. The molecule has 1 aliphatic heterocycles. The minimum absolute atomic E-state index is 0.0576. The zero-order valence-corrected chi connectivity index (χ0v) is 9.83. The lowest BCUT2D eigenvalue weighted by molar-refractivity contribution is 0.0788. The standard InChI is InChI=1S/C14H19NO/c1-16-14(6-7-14)13-4-2-3-11(9-13)12-5-8-15-10-12/h2-4,9,12,15H,5-8,10H2,1H3. The Morgan fingerprint density at radius 3 is 2.88 bits per heavy atom. The van der Waals surface area contributed by atoms with Gasteiger partial charge in [0.1, 0.15) is 0 Å². The molecule has 1 aliphatic carbocycles. The quantitative estimate of drug-likeness (QED) is 0.839. The van der Waals surface area contributed by atoms with Crippen LogP contribution in [-0.4, -0.2) is 20.2 Å². The van der Waals surface area contributed by atoms with Crippen LogP contribution in [0.3, 0.4) is 0 Å². The van der Waals surface area contributed by atoms with Gasteiger partial charge in [0, 0.05) is 13.7 Å². The van der Waals surface area contributed by atoms with Crippen LogP contribution in [0.15, 0.2) is 24.3 Å². The van der Waals surface area contributed by atoms with Gasteiger partial charge in [0.05, 0.1) is 5.60 Å². The van der Waals surface area contributed by atoms with Gasteiger partial charge in [-0.3, -0.25) is 0 Å². The summed E-state index contributed by atoms with van der Waals surface area (Å²) in [6.45, 7) is 2.29. The number of nitrogens with one attached hydrogen (secondary N) is 1. The van der Waals surface area contributed by atoms with Gasteiger partial charge in [-0.2, -0.15) is 0 Å². The first kappa shape index (κ1) is 10.3. The molecule has 2 aliphatic rings. The number of rotatable bonds is 3. The van der Waals surface area contributed by atoms with E-state index >= 15 is 0 Å². The van der Waals surface area contributed by atoms with Crippen molar-refractivity contribution in [1.82, 2.24) is 5.32 Å². The minimum atomic E-state index is 0.0576. The van der Waals surface area contributed by atoms with Crippen LogP contribution in [0, 0.1) is 0 Å². The molecule has 1 heterocycles. The summed E-state index contributed by atoms with van der Waals surface area (Å²) >= 11 is 0. The molecule has 2 nitrogen and oxygen atoms in total. The molecule has 2 fully saturated rings. The second-order valence-electron chi connectivity index (χ2n) is 5.01. The third kappa shape index (κ3) is 1.66. The Morgan fingerprint density at radius 2 is 2.25 bits per heavy atom. The fourth-order valence-electron chi connectivity index (χ4n) is 2.74. The summed E-state index contributed by atoms with van der Waals surface area (Å²) in [7, 11) is 1.83. The second-order valence-corrected chi connectivity index (χ2v) is 5.01. The third-order valence-corrected chi connectivity index (χ3v) is 4.04. The zero-order chi connectivity index (χ0) is 11.0. The van der Waals surface area contributed by atoms with Crippen LogP contribution in [0.1, 0.15) is 36.3 Å². The Bertz CT molecular complexity index is 378. The van der Waals surface area contributed by atoms with Crippen molar-refractivity contribution in [3.63, 3.8) is 0 Å². The van der Waals surface area contributed by atoms with Gasteiger partial charge in [-0.1, -0.05) is 24.3 Å². The van der Waals surface area contributed by atoms with Gasteiger partial charge in [-0.25, -0.2) is 0 Å². The van der Waals surface area contributed by atoms with E-state index in [4.69, 9.17) is 4.74 Å². The van der Waals surface area contributed by atoms with E-state index in [1.54, 1.807) is 0 Å². The van der Waals surface area contributed by atoms with Crippen LogP contribution in [0.2, 0.25) is 0 Å². The lowest BCUT2D eigenvalue weighted by atomic mass is 9.94. The molecule has 0 spiro atoms. The Labute approximate surface area is 97.0 Å². The smallest absolute Gasteiger partial charge is 0.0930 e. The number of hydrogen-bond donors (Lipinski definition) is 1. The van der Waals surface area contributed by atoms with Crippen molar-refractivity contribution in [2.24, 2.45) is 0 Å². The van der Waals surface area contributed by atoms with E-state index in [0.717, 1.165) is 13.1 Å². The van der Waals surface area contributed by atoms with Crippen LogP contribution in [0.25, 0.3) is 0 Å². The van der Waals surface area contributed by atoms with E-state index in [1.165, 1.54) is 30.4 Å². The zero-order valence-electron chi connectivity index (χ0n) is 9.83. The first-order valence-electron chi connectivity index (χ1n) is 6.20. The van der Waals surface area contributed by atoms with Gasteiger partial charge in [0.15, 0.2) is 0 Å². The highest BCUT2D eigenvalue weighted by atomic mass is 16.5. The summed E-state index contributed by atoms with van der Waals surface area (Å²) in [6.07, 6.45) is 3.62. The molecule has 1 saturated carbocycles. The highest BCUT2D eigenvalue weighted by Crippen LogP contribution is 2.49. The van der Waals surface area contributed by atoms with E-state index < -0.39 is 0 Å². The van der Waals surface area contributed by atoms with Gasteiger partial charge >= 0.3 is 0 Å². The van der Waals surface area contributed by atoms with Crippen molar-refractivity contribution in [3.8, 4) is 0 Å². The fourth-order valence-corrected chi connectivity index (χ4v) is 2.74. The van der Waals surface area contributed by atoms with Gasteiger partial charge in [-0.15, -0.1) is 0 Å². The summed E-state index contributed by atoms with van der Waals surface area (Å²) in [4.78, 5) is 0. The lowest BCUT2D eigenvalue weighted by Crippen LogP contribution is -2.11. The van der Waals surface area contributed by atoms with Crippen molar-refractivity contribution in [2.75, 3.05) is 20.2 Å². The topological polar surface area (TPSA) is 21.3 Å². The van der Waals surface area contributed by atoms with Crippen molar-refractivity contribution in [2.45, 2.75) is 30.8 Å². The van der Waals surface area contributed by atoms with Crippen LogP contribution in [0.4, 0.5) is 0 Å². The van der Waals surface area contributed by atoms with Gasteiger partial charge in [0.25, 0.3) is 0 Å². The molecule has 2 heteroatoms. The Hall–Kier alpha value is -0.860. The fraction of sp³-hybridized carbons (Fsp3) is 0.571.